The number of para-hydroxylation sites is 1. The first kappa shape index (κ1) is 23.7. The second kappa shape index (κ2) is 9.05. The number of benzene rings is 2. The number of esters is 1. The zero-order valence-corrected chi connectivity index (χ0v) is 19.6. The van der Waals surface area contributed by atoms with Crippen LogP contribution in [-0.2, 0) is 21.4 Å². The molecule has 2 aromatic carbocycles. The highest BCUT2D eigenvalue weighted by atomic mass is 16.5. The lowest BCUT2D eigenvalue weighted by Gasteiger charge is -2.22. The van der Waals surface area contributed by atoms with E-state index in [1.807, 2.05) is 6.07 Å². The van der Waals surface area contributed by atoms with Gasteiger partial charge in [-0.05, 0) is 45.0 Å². The summed E-state index contributed by atoms with van der Waals surface area (Å²) in [4.78, 5) is 64.5. The van der Waals surface area contributed by atoms with Gasteiger partial charge in [0.2, 0.25) is 0 Å². The minimum Gasteiger partial charge on any atom is -0.451 e. The summed E-state index contributed by atoms with van der Waals surface area (Å²) in [5.41, 5.74) is 1.15. The zero-order chi connectivity index (χ0) is 25.4. The molecule has 0 fully saturated rings. The molecule has 2 unspecified atom stereocenters. The van der Waals surface area contributed by atoms with Crippen LogP contribution in [0.1, 0.15) is 40.3 Å². The van der Waals surface area contributed by atoms with Crippen molar-refractivity contribution in [2.75, 3.05) is 5.32 Å². The van der Waals surface area contributed by atoms with Gasteiger partial charge in [-0.2, -0.15) is 0 Å². The van der Waals surface area contributed by atoms with Crippen molar-refractivity contribution in [3.63, 3.8) is 0 Å². The normalized spacial score (nSPS) is 14.5. The molecule has 1 N–H and O–H groups in total. The highest BCUT2D eigenvalue weighted by Crippen LogP contribution is 2.25. The number of nitrogens with zero attached hydrogens (tertiary/aromatic N) is 3. The van der Waals surface area contributed by atoms with Crippen molar-refractivity contribution in [1.29, 1.82) is 0 Å². The monoisotopic (exact) mass is 476 g/mol. The van der Waals surface area contributed by atoms with Gasteiger partial charge >= 0.3 is 5.97 Å². The predicted octanol–water partition coefficient (Wildman–Crippen LogP) is 2.04. The average molecular weight is 476 g/mol. The van der Waals surface area contributed by atoms with Crippen molar-refractivity contribution < 1.29 is 23.9 Å². The number of fused-ring (bicyclic) bond motifs is 1. The fourth-order valence-electron chi connectivity index (χ4n) is 3.93. The molecular formula is C25H24N4O6. The van der Waals surface area contributed by atoms with E-state index < -0.39 is 41.4 Å². The Morgan fingerprint density at radius 3 is 2.00 bits per heavy atom. The fourth-order valence-corrected chi connectivity index (χ4v) is 3.93. The molecule has 0 spiro atoms. The van der Waals surface area contributed by atoms with Gasteiger partial charge in [0.25, 0.3) is 23.3 Å². The standard InChI is InChI=1S/C25H24N4O6/c1-14-20(24(33)29(27(14)4)17-10-6-5-7-11-17)26-21(30)16(3)35-25(34)15(2)28-22(31)18-12-8-9-13-19(18)23(28)32/h5-13,15-16H,1-4H3,(H,26,30). The molecule has 2 heterocycles. The van der Waals surface area contributed by atoms with E-state index in [0.29, 0.717) is 11.4 Å². The summed E-state index contributed by atoms with van der Waals surface area (Å²) in [5.74, 6) is -2.85. The lowest BCUT2D eigenvalue weighted by molar-refractivity contribution is -0.156. The highest BCUT2D eigenvalue weighted by molar-refractivity contribution is 6.22. The van der Waals surface area contributed by atoms with Crippen molar-refractivity contribution in [3.8, 4) is 5.69 Å². The number of aromatic nitrogens is 2. The molecule has 3 aromatic rings. The summed E-state index contributed by atoms with van der Waals surface area (Å²) in [6.07, 6.45) is -1.29. The summed E-state index contributed by atoms with van der Waals surface area (Å²) in [5, 5.41) is 2.54. The molecule has 4 rings (SSSR count). The van der Waals surface area contributed by atoms with E-state index in [1.165, 1.54) is 30.7 Å². The number of amides is 3. The molecule has 180 valence electrons. The van der Waals surface area contributed by atoms with E-state index >= 15 is 0 Å². The van der Waals surface area contributed by atoms with Crippen LogP contribution >= 0.6 is 0 Å². The van der Waals surface area contributed by atoms with E-state index in [1.54, 1.807) is 55.1 Å². The van der Waals surface area contributed by atoms with Crippen molar-refractivity contribution in [3.05, 3.63) is 81.8 Å². The van der Waals surface area contributed by atoms with Gasteiger partial charge in [0.05, 0.1) is 22.5 Å². The smallest absolute Gasteiger partial charge is 0.329 e. The van der Waals surface area contributed by atoms with Gasteiger partial charge < -0.3 is 10.1 Å². The molecule has 0 saturated heterocycles. The summed E-state index contributed by atoms with van der Waals surface area (Å²) in [7, 11) is 1.69. The maximum absolute atomic E-state index is 13.0. The molecular weight excluding hydrogens is 452 g/mol. The third kappa shape index (κ3) is 4.03. The average Bonchev–Trinajstić information content (AvgIpc) is 3.23. The molecule has 3 amide bonds. The van der Waals surface area contributed by atoms with E-state index in [2.05, 4.69) is 5.32 Å². The van der Waals surface area contributed by atoms with E-state index in [9.17, 15) is 24.0 Å². The van der Waals surface area contributed by atoms with Gasteiger partial charge in [0.1, 0.15) is 11.7 Å². The van der Waals surface area contributed by atoms with Crippen LogP contribution in [0.15, 0.2) is 59.4 Å². The number of carbonyl (C=O) groups excluding carboxylic acids is 4. The Balaban J connectivity index is 1.47. The van der Waals surface area contributed by atoms with E-state index in [4.69, 9.17) is 4.74 Å². The van der Waals surface area contributed by atoms with Crippen molar-refractivity contribution >= 4 is 29.4 Å². The second-order valence-corrected chi connectivity index (χ2v) is 8.21. The van der Waals surface area contributed by atoms with Crippen LogP contribution in [-0.4, -0.2) is 50.1 Å². The largest absolute Gasteiger partial charge is 0.451 e. The van der Waals surface area contributed by atoms with Crippen molar-refractivity contribution in [1.82, 2.24) is 14.3 Å². The minimum absolute atomic E-state index is 0.0534. The molecule has 0 saturated carbocycles. The predicted molar refractivity (Wildman–Crippen MR) is 126 cm³/mol. The Morgan fingerprint density at radius 1 is 0.886 bits per heavy atom. The Morgan fingerprint density at radius 2 is 1.43 bits per heavy atom. The molecule has 0 radical (unpaired) electrons. The first-order chi connectivity index (χ1) is 16.6. The lowest BCUT2D eigenvalue weighted by Crippen LogP contribution is -2.45. The van der Waals surface area contributed by atoms with Gasteiger partial charge in [-0.1, -0.05) is 30.3 Å². The molecule has 0 aliphatic carbocycles. The van der Waals surface area contributed by atoms with Crippen LogP contribution in [0.25, 0.3) is 5.69 Å². The third-order valence-corrected chi connectivity index (χ3v) is 6.02. The highest BCUT2D eigenvalue weighted by Gasteiger charge is 2.41. The SMILES string of the molecule is Cc1c(NC(=O)C(C)OC(=O)C(C)N2C(=O)c3ccccc3C2=O)c(=O)n(-c2ccccc2)n1C. The molecule has 2 atom stereocenters. The quantitative estimate of drug-likeness (QED) is 0.430. The number of rotatable bonds is 6. The Labute approximate surface area is 200 Å². The van der Waals surface area contributed by atoms with Gasteiger partial charge in [0, 0.05) is 7.05 Å². The lowest BCUT2D eigenvalue weighted by atomic mass is 10.1. The Hall–Kier alpha value is -4.47. The topological polar surface area (TPSA) is 120 Å². The van der Waals surface area contributed by atoms with Gasteiger partial charge in [-0.25, -0.2) is 9.48 Å². The number of imide groups is 1. The molecule has 10 nitrogen and oxygen atoms in total. The van der Waals surface area contributed by atoms with Crippen LogP contribution < -0.4 is 10.9 Å². The maximum Gasteiger partial charge on any atom is 0.329 e. The molecule has 0 bridgehead atoms. The number of ether oxygens (including phenoxy) is 1. The number of hydrogen-bond acceptors (Lipinski definition) is 6. The minimum atomic E-state index is -1.29. The van der Waals surface area contributed by atoms with Crippen molar-refractivity contribution in [2.24, 2.45) is 7.05 Å². The first-order valence-corrected chi connectivity index (χ1v) is 11.0. The molecule has 1 aliphatic rings. The van der Waals surface area contributed by atoms with E-state index in [-0.39, 0.29) is 16.8 Å². The summed E-state index contributed by atoms with van der Waals surface area (Å²) >= 11 is 0. The van der Waals surface area contributed by atoms with Gasteiger partial charge in [0.15, 0.2) is 6.10 Å². The second-order valence-electron chi connectivity index (χ2n) is 8.21. The Bertz CT molecular complexity index is 1370. The number of carbonyl (C=O) groups is 4. The third-order valence-electron chi connectivity index (χ3n) is 6.02. The molecule has 1 aliphatic heterocycles. The number of nitrogens with one attached hydrogen (secondary N) is 1. The summed E-state index contributed by atoms with van der Waals surface area (Å²) in [6.45, 7) is 4.38. The zero-order valence-electron chi connectivity index (χ0n) is 19.6. The summed E-state index contributed by atoms with van der Waals surface area (Å²) in [6, 6.07) is 14.0. The van der Waals surface area contributed by atoms with Gasteiger partial charge in [-0.15, -0.1) is 0 Å². The Kier molecular flexibility index (Phi) is 6.12. The van der Waals surface area contributed by atoms with Crippen LogP contribution in [0.5, 0.6) is 0 Å². The van der Waals surface area contributed by atoms with Crippen LogP contribution in [0.2, 0.25) is 0 Å². The molecule has 10 heteroatoms. The molecule has 1 aromatic heterocycles. The fraction of sp³-hybridized carbons (Fsp3) is 0.240. The van der Waals surface area contributed by atoms with Gasteiger partial charge in [-0.3, -0.25) is 28.8 Å². The summed E-state index contributed by atoms with van der Waals surface area (Å²) < 4.78 is 8.26. The number of hydrogen-bond donors (Lipinski definition) is 1. The first-order valence-electron chi connectivity index (χ1n) is 11.0. The van der Waals surface area contributed by atoms with E-state index in [0.717, 1.165) is 4.90 Å². The van der Waals surface area contributed by atoms with Crippen LogP contribution in [0.4, 0.5) is 5.69 Å². The van der Waals surface area contributed by atoms with Crippen molar-refractivity contribution in [2.45, 2.75) is 32.9 Å². The molecule has 35 heavy (non-hydrogen) atoms. The number of anilines is 1. The van der Waals surface area contributed by atoms with Crippen LogP contribution in [0.3, 0.4) is 0 Å². The van der Waals surface area contributed by atoms with Crippen LogP contribution in [0, 0.1) is 6.92 Å². The maximum atomic E-state index is 13.0.